The van der Waals surface area contributed by atoms with Crippen LogP contribution in [-0.2, 0) is 0 Å². The van der Waals surface area contributed by atoms with Crippen LogP contribution in [0.4, 0.5) is 0 Å². The Balaban J connectivity index is 3.23. The van der Waals surface area contributed by atoms with E-state index in [0.717, 1.165) is 12.8 Å². The van der Waals surface area contributed by atoms with Crippen LogP contribution in [0, 0.1) is 5.41 Å². The zero-order valence-electron chi connectivity index (χ0n) is 16.3. The molecule has 0 aliphatic heterocycles. The minimum atomic E-state index is -0.0199. The number of unbranched alkanes of at least 4 members (excludes halogenated alkanes) is 14. The van der Waals surface area contributed by atoms with Crippen LogP contribution in [0.1, 0.15) is 117 Å². The molecular weight excluding hydrogens is 296 g/mol. The first-order valence-corrected chi connectivity index (χ1v) is 10.3. The quantitative estimate of drug-likeness (QED) is 0.115. The van der Waals surface area contributed by atoms with Crippen LogP contribution in [0.2, 0.25) is 0 Å². The van der Waals surface area contributed by atoms with E-state index in [-0.39, 0.29) is 11.6 Å². The standard InChI is InChI=1S/C21H42N2O/c1-3-4-5-6-7-8-9-10-11-12-13-14-15-16-17-18-20(24)19(2)21(22)23/h24H,3-18H2,1-2H3,(H3,22,23). The Bertz CT molecular complexity index is 337. The van der Waals surface area contributed by atoms with Gasteiger partial charge >= 0.3 is 0 Å². The predicted octanol–water partition coefficient (Wildman–Crippen LogP) is 7.02. The summed E-state index contributed by atoms with van der Waals surface area (Å²) in [6.45, 7) is 3.99. The van der Waals surface area contributed by atoms with Crippen LogP contribution in [-0.4, -0.2) is 10.9 Å². The molecule has 0 unspecified atom stereocenters. The zero-order valence-corrected chi connectivity index (χ0v) is 16.3. The van der Waals surface area contributed by atoms with E-state index in [9.17, 15) is 5.11 Å². The molecule has 142 valence electrons. The van der Waals surface area contributed by atoms with Gasteiger partial charge in [-0.15, -0.1) is 0 Å². The van der Waals surface area contributed by atoms with Crippen molar-refractivity contribution >= 4 is 5.84 Å². The maximum Gasteiger partial charge on any atom is 0.121 e. The normalized spacial score (nSPS) is 12.2. The second-order valence-electron chi connectivity index (χ2n) is 7.19. The lowest BCUT2D eigenvalue weighted by molar-refractivity contribution is 0.376. The predicted molar refractivity (Wildman–Crippen MR) is 107 cm³/mol. The molecule has 0 rings (SSSR count). The third-order valence-electron chi connectivity index (χ3n) is 4.85. The van der Waals surface area contributed by atoms with Gasteiger partial charge in [0.1, 0.15) is 5.84 Å². The summed E-state index contributed by atoms with van der Waals surface area (Å²) in [6, 6.07) is 0. The van der Waals surface area contributed by atoms with E-state index in [1.165, 1.54) is 83.5 Å². The maximum atomic E-state index is 9.75. The third-order valence-corrected chi connectivity index (χ3v) is 4.85. The van der Waals surface area contributed by atoms with Gasteiger partial charge in [-0.05, 0) is 13.3 Å². The first kappa shape index (κ1) is 23.0. The Hall–Kier alpha value is -0.990. The minimum absolute atomic E-state index is 0.0199. The van der Waals surface area contributed by atoms with Crippen molar-refractivity contribution in [2.45, 2.75) is 117 Å². The van der Waals surface area contributed by atoms with E-state index >= 15 is 0 Å². The van der Waals surface area contributed by atoms with Crippen molar-refractivity contribution in [3.05, 3.63) is 11.3 Å². The number of hydrogen-bond acceptors (Lipinski definition) is 2. The molecule has 0 amide bonds. The van der Waals surface area contributed by atoms with Crippen molar-refractivity contribution in [2.24, 2.45) is 5.73 Å². The third kappa shape index (κ3) is 14.6. The molecule has 0 radical (unpaired) electrons. The first-order chi connectivity index (χ1) is 11.6. The number of allylic oxidation sites excluding steroid dienone is 1. The molecule has 0 heterocycles. The largest absolute Gasteiger partial charge is 0.512 e. The molecule has 0 saturated carbocycles. The average molecular weight is 339 g/mol. The van der Waals surface area contributed by atoms with E-state index in [2.05, 4.69) is 6.92 Å². The van der Waals surface area contributed by atoms with E-state index in [0.29, 0.717) is 12.0 Å². The maximum absolute atomic E-state index is 9.75. The molecule has 0 aromatic rings. The molecule has 0 spiro atoms. The zero-order chi connectivity index (χ0) is 18.0. The van der Waals surface area contributed by atoms with Crippen molar-refractivity contribution < 1.29 is 5.11 Å². The lowest BCUT2D eigenvalue weighted by Crippen LogP contribution is -2.12. The SMILES string of the molecule is CCCCCCCCCCCCCCCCCC(O)=C(C)C(=N)N. The number of nitrogens with two attached hydrogens (primary N) is 1. The smallest absolute Gasteiger partial charge is 0.121 e. The van der Waals surface area contributed by atoms with Crippen LogP contribution >= 0.6 is 0 Å². The summed E-state index contributed by atoms with van der Waals surface area (Å²) in [6.07, 6.45) is 20.8. The van der Waals surface area contributed by atoms with Crippen molar-refractivity contribution in [3.8, 4) is 0 Å². The van der Waals surface area contributed by atoms with E-state index in [1.54, 1.807) is 6.92 Å². The molecule has 4 N–H and O–H groups in total. The van der Waals surface area contributed by atoms with Gasteiger partial charge < -0.3 is 10.8 Å². The van der Waals surface area contributed by atoms with Gasteiger partial charge in [0.15, 0.2) is 0 Å². The number of amidine groups is 1. The van der Waals surface area contributed by atoms with Crippen molar-refractivity contribution in [3.63, 3.8) is 0 Å². The molecular formula is C21H42N2O. The van der Waals surface area contributed by atoms with Gasteiger partial charge in [0.05, 0.1) is 5.76 Å². The Labute approximate surface area is 150 Å². The van der Waals surface area contributed by atoms with E-state index in [4.69, 9.17) is 11.1 Å². The molecule has 0 bridgehead atoms. The summed E-state index contributed by atoms with van der Waals surface area (Å²) in [5.74, 6) is 0.269. The van der Waals surface area contributed by atoms with Gasteiger partial charge in [-0.2, -0.15) is 0 Å². The number of rotatable bonds is 17. The summed E-state index contributed by atoms with van der Waals surface area (Å²) >= 11 is 0. The van der Waals surface area contributed by atoms with Crippen LogP contribution in [0.15, 0.2) is 11.3 Å². The average Bonchev–Trinajstić information content (AvgIpc) is 2.57. The summed E-state index contributed by atoms with van der Waals surface area (Å²) in [5.41, 5.74) is 5.89. The van der Waals surface area contributed by atoms with Gasteiger partial charge in [-0.1, -0.05) is 96.8 Å². The van der Waals surface area contributed by atoms with E-state index < -0.39 is 0 Å². The minimum Gasteiger partial charge on any atom is -0.512 e. The fraction of sp³-hybridized carbons (Fsp3) is 0.857. The van der Waals surface area contributed by atoms with Crippen LogP contribution in [0.5, 0.6) is 0 Å². The Morgan fingerprint density at radius 3 is 1.38 bits per heavy atom. The molecule has 24 heavy (non-hydrogen) atoms. The molecule has 0 aromatic heterocycles. The Morgan fingerprint density at radius 2 is 1.04 bits per heavy atom. The van der Waals surface area contributed by atoms with Crippen molar-refractivity contribution in [2.75, 3.05) is 0 Å². The van der Waals surface area contributed by atoms with E-state index in [1.807, 2.05) is 0 Å². The lowest BCUT2D eigenvalue weighted by Gasteiger charge is -2.05. The fourth-order valence-corrected chi connectivity index (χ4v) is 3.01. The molecule has 0 aromatic carbocycles. The van der Waals surface area contributed by atoms with Crippen LogP contribution < -0.4 is 5.73 Å². The molecule has 0 fully saturated rings. The lowest BCUT2D eigenvalue weighted by atomic mass is 10.0. The summed E-state index contributed by atoms with van der Waals surface area (Å²) in [4.78, 5) is 0. The molecule has 3 heteroatoms. The number of nitrogens with one attached hydrogen (secondary N) is 1. The summed E-state index contributed by atoms with van der Waals surface area (Å²) in [7, 11) is 0. The molecule has 0 aliphatic rings. The van der Waals surface area contributed by atoms with Crippen LogP contribution in [0.3, 0.4) is 0 Å². The van der Waals surface area contributed by atoms with Gasteiger partial charge in [0.2, 0.25) is 0 Å². The topological polar surface area (TPSA) is 70.1 Å². The van der Waals surface area contributed by atoms with Gasteiger partial charge in [0, 0.05) is 12.0 Å². The fourth-order valence-electron chi connectivity index (χ4n) is 3.01. The van der Waals surface area contributed by atoms with Crippen molar-refractivity contribution in [1.82, 2.24) is 0 Å². The highest BCUT2D eigenvalue weighted by Crippen LogP contribution is 2.15. The highest BCUT2D eigenvalue weighted by Gasteiger charge is 2.03. The summed E-state index contributed by atoms with van der Waals surface area (Å²) in [5, 5.41) is 17.0. The number of aliphatic hydroxyl groups is 1. The molecule has 0 atom stereocenters. The molecule has 3 nitrogen and oxygen atoms in total. The highest BCUT2D eigenvalue weighted by atomic mass is 16.3. The molecule has 0 saturated heterocycles. The van der Waals surface area contributed by atoms with Gasteiger partial charge in [-0.3, -0.25) is 5.41 Å². The number of hydrogen-bond donors (Lipinski definition) is 3. The molecule has 0 aliphatic carbocycles. The van der Waals surface area contributed by atoms with Gasteiger partial charge in [0.25, 0.3) is 0 Å². The summed E-state index contributed by atoms with van der Waals surface area (Å²) < 4.78 is 0. The van der Waals surface area contributed by atoms with Crippen LogP contribution in [0.25, 0.3) is 0 Å². The monoisotopic (exact) mass is 338 g/mol. The highest BCUT2D eigenvalue weighted by molar-refractivity contribution is 5.94. The Kier molecular flexibility index (Phi) is 16.2. The Morgan fingerprint density at radius 1 is 0.708 bits per heavy atom. The second kappa shape index (κ2) is 16.9. The number of aliphatic hydroxyl groups excluding tert-OH is 1. The second-order valence-corrected chi connectivity index (χ2v) is 7.19. The first-order valence-electron chi connectivity index (χ1n) is 10.3. The van der Waals surface area contributed by atoms with Crippen molar-refractivity contribution in [1.29, 1.82) is 5.41 Å². The van der Waals surface area contributed by atoms with Gasteiger partial charge in [-0.25, -0.2) is 0 Å².